The van der Waals surface area contributed by atoms with Crippen molar-refractivity contribution in [3.05, 3.63) is 24.4 Å². The van der Waals surface area contributed by atoms with Gasteiger partial charge in [0.1, 0.15) is 11.9 Å². The Morgan fingerprint density at radius 3 is 3.12 bits per heavy atom. The van der Waals surface area contributed by atoms with Gasteiger partial charge in [0.2, 0.25) is 0 Å². The standard InChI is InChI=1S/C12H14N2O2/c15-9-1-2-11(6-9)16-10-3-4-12-8(5-10)7-13-14-12/h3-5,7,9,11,15H,1-2,6H2,(H,13,14)/t9-,11-/m1/s1. The van der Waals surface area contributed by atoms with Crippen LogP contribution in [-0.4, -0.2) is 27.5 Å². The summed E-state index contributed by atoms with van der Waals surface area (Å²) in [4.78, 5) is 0. The molecule has 1 heterocycles. The Kier molecular flexibility index (Phi) is 2.29. The number of ether oxygens (including phenoxy) is 1. The van der Waals surface area contributed by atoms with Gasteiger partial charge in [0.25, 0.3) is 0 Å². The van der Waals surface area contributed by atoms with Crippen LogP contribution < -0.4 is 4.74 Å². The number of hydrogen-bond donors (Lipinski definition) is 2. The van der Waals surface area contributed by atoms with Crippen molar-refractivity contribution in [2.24, 2.45) is 0 Å². The Labute approximate surface area is 93.2 Å². The lowest BCUT2D eigenvalue weighted by Crippen LogP contribution is -2.13. The number of nitrogens with zero attached hydrogens (tertiary/aromatic N) is 1. The first-order valence-electron chi connectivity index (χ1n) is 5.59. The summed E-state index contributed by atoms with van der Waals surface area (Å²) in [5.74, 6) is 0.855. The Morgan fingerprint density at radius 2 is 2.31 bits per heavy atom. The quantitative estimate of drug-likeness (QED) is 0.808. The van der Waals surface area contributed by atoms with Gasteiger partial charge >= 0.3 is 0 Å². The summed E-state index contributed by atoms with van der Waals surface area (Å²) >= 11 is 0. The lowest BCUT2D eigenvalue weighted by molar-refractivity contribution is 0.150. The second-order valence-electron chi connectivity index (χ2n) is 4.33. The fourth-order valence-electron chi connectivity index (χ4n) is 2.21. The summed E-state index contributed by atoms with van der Waals surface area (Å²) in [7, 11) is 0. The predicted molar refractivity (Wildman–Crippen MR) is 60.4 cm³/mol. The van der Waals surface area contributed by atoms with Crippen molar-refractivity contribution in [3.8, 4) is 5.75 Å². The van der Waals surface area contributed by atoms with E-state index in [1.807, 2.05) is 18.2 Å². The Bertz CT molecular complexity index is 494. The fourth-order valence-corrected chi connectivity index (χ4v) is 2.21. The van der Waals surface area contributed by atoms with Crippen LogP contribution >= 0.6 is 0 Å². The van der Waals surface area contributed by atoms with Crippen molar-refractivity contribution in [3.63, 3.8) is 0 Å². The molecule has 2 atom stereocenters. The molecule has 16 heavy (non-hydrogen) atoms. The van der Waals surface area contributed by atoms with Crippen LogP contribution in [0.1, 0.15) is 19.3 Å². The summed E-state index contributed by atoms with van der Waals surface area (Å²) in [6, 6.07) is 5.87. The monoisotopic (exact) mass is 218 g/mol. The number of rotatable bonds is 2. The van der Waals surface area contributed by atoms with E-state index in [4.69, 9.17) is 4.74 Å². The van der Waals surface area contributed by atoms with E-state index in [1.54, 1.807) is 6.20 Å². The second-order valence-corrected chi connectivity index (χ2v) is 4.33. The molecule has 0 bridgehead atoms. The van der Waals surface area contributed by atoms with E-state index in [0.29, 0.717) is 0 Å². The molecule has 4 heteroatoms. The molecule has 0 saturated heterocycles. The van der Waals surface area contributed by atoms with Gasteiger partial charge in [0.05, 0.1) is 17.8 Å². The van der Waals surface area contributed by atoms with E-state index in [0.717, 1.165) is 35.9 Å². The maximum Gasteiger partial charge on any atom is 0.120 e. The zero-order valence-corrected chi connectivity index (χ0v) is 8.89. The molecule has 1 fully saturated rings. The minimum atomic E-state index is -0.192. The summed E-state index contributed by atoms with van der Waals surface area (Å²) in [5, 5.41) is 17.3. The Hall–Kier alpha value is -1.55. The highest BCUT2D eigenvalue weighted by atomic mass is 16.5. The molecule has 1 aromatic carbocycles. The molecule has 3 rings (SSSR count). The first-order chi connectivity index (χ1) is 7.81. The zero-order chi connectivity index (χ0) is 11.0. The van der Waals surface area contributed by atoms with Crippen LogP contribution in [0.3, 0.4) is 0 Å². The molecule has 0 radical (unpaired) electrons. The largest absolute Gasteiger partial charge is 0.490 e. The summed E-state index contributed by atoms with van der Waals surface area (Å²) in [5.41, 5.74) is 1.01. The van der Waals surface area contributed by atoms with Crippen molar-refractivity contribution in [1.82, 2.24) is 10.2 Å². The van der Waals surface area contributed by atoms with Gasteiger partial charge in [-0.15, -0.1) is 0 Å². The average molecular weight is 218 g/mol. The minimum Gasteiger partial charge on any atom is -0.490 e. The topological polar surface area (TPSA) is 58.1 Å². The van der Waals surface area contributed by atoms with Crippen molar-refractivity contribution in [2.45, 2.75) is 31.5 Å². The molecule has 0 aliphatic heterocycles. The van der Waals surface area contributed by atoms with E-state index in [2.05, 4.69) is 10.2 Å². The number of fused-ring (bicyclic) bond motifs is 1. The average Bonchev–Trinajstić information content (AvgIpc) is 2.87. The molecule has 1 saturated carbocycles. The first kappa shape index (κ1) is 9.66. The molecule has 2 N–H and O–H groups in total. The molecule has 0 amide bonds. The highest BCUT2D eigenvalue weighted by molar-refractivity contribution is 5.79. The number of H-pyrrole nitrogens is 1. The van der Waals surface area contributed by atoms with E-state index in [9.17, 15) is 5.11 Å². The third-order valence-electron chi connectivity index (χ3n) is 3.07. The molecular weight excluding hydrogens is 204 g/mol. The Balaban J connectivity index is 1.78. The van der Waals surface area contributed by atoms with Crippen molar-refractivity contribution in [2.75, 3.05) is 0 Å². The Morgan fingerprint density at radius 1 is 1.38 bits per heavy atom. The van der Waals surface area contributed by atoms with Gasteiger partial charge in [-0.25, -0.2) is 0 Å². The van der Waals surface area contributed by atoms with Gasteiger partial charge in [-0.1, -0.05) is 0 Å². The molecule has 2 aromatic rings. The van der Waals surface area contributed by atoms with E-state index < -0.39 is 0 Å². The highest BCUT2D eigenvalue weighted by Gasteiger charge is 2.24. The number of benzene rings is 1. The molecule has 1 aromatic heterocycles. The minimum absolute atomic E-state index is 0.152. The third kappa shape index (κ3) is 1.76. The van der Waals surface area contributed by atoms with E-state index in [1.165, 1.54) is 0 Å². The maximum absolute atomic E-state index is 9.42. The van der Waals surface area contributed by atoms with Crippen LogP contribution in [0.15, 0.2) is 24.4 Å². The number of hydrogen-bond acceptors (Lipinski definition) is 3. The van der Waals surface area contributed by atoms with Crippen LogP contribution in [0, 0.1) is 0 Å². The van der Waals surface area contributed by atoms with E-state index >= 15 is 0 Å². The summed E-state index contributed by atoms with van der Waals surface area (Å²) in [6.45, 7) is 0. The van der Waals surface area contributed by atoms with Crippen LogP contribution in [0.2, 0.25) is 0 Å². The number of aliphatic hydroxyl groups is 1. The van der Waals surface area contributed by atoms with Crippen LogP contribution in [0.5, 0.6) is 5.75 Å². The second kappa shape index (κ2) is 3.79. The van der Waals surface area contributed by atoms with Crippen LogP contribution in [0.25, 0.3) is 10.9 Å². The molecule has 1 aliphatic rings. The number of aliphatic hydroxyl groups excluding tert-OH is 1. The zero-order valence-electron chi connectivity index (χ0n) is 8.89. The highest BCUT2D eigenvalue weighted by Crippen LogP contribution is 2.26. The SMILES string of the molecule is O[C@@H]1CC[C@@H](Oc2ccc3[nH]ncc3c2)C1. The summed E-state index contributed by atoms with van der Waals surface area (Å²) in [6.07, 6.45) is 4.26. The van der Waals surface area contributed by atoms with Crippen molar-refractivity contribution < 1.29 is 9.84 Å². The van der Waals surface area contributed by atoms with Gasteiger partial charge in [-0.2, -0.15) is 5.10 Å². The van der Waals surface area contributed by atoms with Crippen LogP contribution in [0.4, 0.5) is 0 Å². The molecule has 0 unspecified atom stereocenters. The molecule has 0 spiro atoms. The van der Waals surface area contributed by atoms with Gasteiger partial charge in [-0.3, -0.25) is 5.10 Å². The third-order valence-corrected chi connectivity index (χ3v) is 3.07. The lowest BCUT2D eigenvalue weighted by Gasteiger charge is -2.12. The normalized spacial score (nSPS) is 25.1. The molecular formula is C12H14N2O2. The van der Waals surface area contributed by atoms with Crippen LogP contribution in [-0.2, 0) is 0 Å². The van der Waals surface area contributed by atoms with Gasteiger partial charge in [-0.05, 0) is 31.0 Å². The number of aromatic amines is 1. The fraction of sp³-hybridized carbons (Fsp3) is 0.417. The lowest BCUT2D eigenvalue weighted by atomic mass is 10.2. The van der Waals surface area contributed by atoms with Crippen molar-refractivity contribution >= 4 is 10.9 Å². The summed E-state index contributed by atoms with van der Waals surface area (Å²) < 4.78 is 5.82. The molecule has 1 aliphatic carbocycles. The smallest absolute Gasteiger partial charge is 0.120 e. The van der Waals surface area contributed by atoms with Crippen molar-refractivity contribution in [1.29, 1.82) is 0 Å². The van der Waals surface area contributed by atoms with Gasteiger partial charge < -0.3 is 9.84 Å². The maximum atomic E-state index is 9.42. The number of nitrogens with one attached hydrogen (secondary N) is 1. The molecule has 84 valence electrons. The van der Waals surface area contributed by atoms with Gasteiger partial charge in [0.15, 0.2) is 0 Å². The van der Waals surface area contributed by atoms with Gasteiger partial charge in [0, 0.05) is 11.8 Å². The predicted octanol–water partition coefficient (Wildman–Crippen LogP) is 1.86. The van der Waals surface area contributed by atoms with E-state index in [-0.39, 0.29) is 12.2 Å². The molecule has 4 nitrogen and oxygen atoms in total. The number of aromatic nitrogens is 2. The first-order valence-corrected chi connectivity index (χ1v) is 5.59.